The van der Waals surface area contributed by atoms with Crippen molar-refractivity contribution >= 4 is 11.3 Å². The van der Waals surface area contributed by atoms with Crippen LogP contribution < -0.4 is 5.32 Å². The van der Waals surface area contributed by atoms with Crippen molar-refractivity contribution in [2.45, 2.75) is 26.3 Å². The monoisotopic (exact) mass is 246 g/mol. The number of thiazole rings is 1. The second kappa shape index (κ2) is 5.94. The summed E-state index contributed by atoms with van der Waals surface area (Å²) < 4.78 is 0. The lowest BCUT2D eigenvalue weighted by Gasteiger charge is -2.11. The van der Waals surface area contributed by atoms with E-state index in [2.05, 4.69) is 53.8 Å². The summed E-state index contributed by atoms with van der Waals surface area (Å²) >= 11 is 1.65. The van der Waals surface area contributed by atoms with Gasteiger partial charge in [0.25, 0.3) is 0 Å². The third kappa shape index (κ3) is 3.65. The van der Waals surface area contributed by atoms with Gasteiger partial charge >= 0.3 is 0 Å². The van der Waals surface area contributed by atoms with Gasteiger partial charge in [0.15, 0.2) is 0 Å². The molecule has 0 radical (unpaired) electrons. The highest BCUT2D eigenvalue weighted by molar-refractivity contribution is 7.07. The third-order valence-electron chi connectivity index (χ3n) is 2.84. The first-order valence-corrected chi connectivity index (χ1v) is 6.87. The Labute approximate surface area is 107 Å². The molecule has 1 N–H and O–H groups in total. The van der Waals surface area contributed by atoms with Crippen molar-refractivity contribution in [1.82, 2.24) is 10.3 Å². The highest BCUT2D eigenvalue weighted by Crippen LogP contribution is 2.12. The second-order valence-corrected chi connectivity index (χ2v) is 5.05. The van der Waals surface area contributed by atoms with Crippen LogP contribution in [0.25, 0.3) is 0 Å². The molecule has 0 saturated carbocycles. The van der Waals surface area contributed by atoms with Gasteiger partial charge in [-0.05, 0) is 32.4 Å². The summed E-state index contributed by atoms with van der Waals surface area (Å²) in [5.74, 6) is 0. The largest absolute Gasteiger partial charge is 0.308 e. The second-order valence-electron chi connectivity index (χ2n) is 4.33. The maximum absolute atomic E-state index is 4.31. The Morgan fingerprint density at radius 3 is 3.00 bits per heavy atom. The van der Waals surface area contributed by atoms with E-state index in [4.69, 9.17) is 0 Å². The minimum absolute atomic E-state index is 0.339. The van der Waals surface area contributed by atoms with Crippen molar-refractivity contribution < 1.29 is 0 Å². The van der Waals surface area contributed by atoms with Gasteiger partial charge in [0.2, 0.25) is 0 Å². The minimum atomic E-state index is 0.339. The molecular formula is C14H18N2S. The van der Waals surface area contributed by atoms with Gasteiger partial charge in [-0.15, -0.1) is 11.3 Å². The van der Waals surface area contributed by atoms with E-state index in [9.17, 15) is 0 Å². The number of rotatable bonds is 5. The minimum Gasteiger partial charge on any atom is -0.308 e. The first kappa shape index (κ1) is 12.3. The fourth-order valence-corrected chi connectivity index (χ4v) is 2.49. The van der Waals surface area contributed by atoms with E-state index in [0.717, 1.165) is 18.7 Å². The van der Waals surface area contributed by atoms with Crippen LogP contribution in [-0.2, 0) is 6.42 Å². The quantitative estimate of drug-likeness (QED) is 0.875. The van der Waals surface area contributed by atoms with E-state index in [0.29, 0.717) is 6.04 Å². The normalized spacial score (nSPS) is 12.6. The number of hydrogen-bond donors (Lipinski definition) is 1. The summed E-state index contributed by atoms with van der Waals surface area (Å²) in [6, 6.07) is 9.02. The summed E-state index contributed by atoms with van der Waals surface area (Å²) in [7, 11) is 0. The van der Waals surface area contributed by atoms with E-state index in [1.54, 1.807) is 11.3 Å². The van der Waals surface area contributed by atoms with Gasteiger partial charge in [-0.25, -0.2) is 4.98 Å². The summed E-state index contributed by atoms with van der Waals surface area (Å²) in [5, 5.41) is 5.60. The predicted octanol–water partition coefficient (Wildman–Crippen LogP) is 3.34. The van der Waals surface area contributed by atoms with Crippen LogP contribution >= 0.6 is 11.3 Å². The van der Waals surface area contributed by atoms with Crippen LogP contribution in [0.5, 0.6) is 0 Å². The Balaban J connectivity index is 1.80. The van der Waals surface area contributed by atoms with Gasteiger partial charge in [0.1, 0.15) is 0 Å². The maximum Gasteiger partial charge on any atom is 0.0795 e. The molecule has 3 heteroatoms. The molecule has 0 bridgehead atoms. The van der Waals surface area contributed by atoms with Crippen molar-refractivity contribution in [2.75, 3.05) is 6.54 Å². The molecule has 1 aromatic heterocycles. The molecule has 1 aromatic carbocycles. The Morgan fingerprint density at radius 2 is 2.29 bits per heavy atom. The highest BCUT2D eigenvalue weighted by atomic mass is 32.1. The van der Waals surface area contributed by atoms with Gasteiger partial charge < -0.3 is 5.32 Å². The molecule has 0 aliphatic rings. The van der Waals surface area contributed by atoms with Crippen molar-refractivity contribution in [3.05, 3.63) is 52.0 Å². The standard InChI is InChI=1S/C14H18N2S/c1-11-4-3-5-13(8-11)6-7-15-12(2)14-9-17-10-16-14/h3-5,8-10,12,15H,6-7H2,1-2H3. The number of aryl methyl sites for hydroxylation is 1. The molecule has 0 saturated heterocycles. The topological polar surface area (TPSA) is 24.9 Å². The van der Waals surface area contributed by atoms with Crippen molar-refractivity contribution in [1.29, 1.82) is 0 Å². The Morgan fingerprint density at radius 1 is 1.41 bits per heavy atom. The summed E-state index contributed by atoms with van der Waals surface area (Å²) in [6.45, 7) is 5.28. The smallest absolute Gasteiger partial charge is 0.0795 e. The van der Waals surface area contributed by atoms with Crippen LogP contribution in [-0.4, -0.2) is 11.5 Å². The molecule has 0 aliphatic heterocycles. The van der Waals surface area contributed by atoms with Crippen LogP contribution in [0.2, 0.25) is 0 Å². The van der Waals surface area contributed by atoms with Gasteiger partial charge in [-0.2, -0.15) is 0 Å². The van der Waals surface area contributed by atoms with E-state index in [-0.39, 0.29) is 0 Å². The average molecular weight is 246 g/mol. The molecule has 2 aromatic rings. The third-order valence-corrected chi connectivity index (χ3v) is 3.45. The summed E-state index contributed by atoms with van der Waals surface area (Å²) in [5.41, 5.74) is 5.74. The number of hydrogen-bond acceptors (Lipinski definition) is 3. The highest BCUT2D eigenvalue weighted by Gasteiger charge is 2.05. The fraction of sp³-hybridized carbons (Fsp3) is 0.357. The first-order chi connectivity index (χ1) is 8.25. The maximum atomic E-state index is 4.31. The lowest BCUT2D eigenvalue weighted by molar-refractivity contribution is 0.566. The van der Waals surface area contributed by atoms with Crippen LogP contribution in [0.1, 0.15) is 29.8 Å². The van der Waals surface area contributed by atoms with E-state index < -0.39 is 0 Å². The molecule has 0 spiro atoms. The molecule has 0 aliphatic carbocycles. The van der Waals surface area contributed by atoms with Gasteiger partial charge in [0, 0.05) is 11.4 Å². The molecule has 1 unspecified atom stereocenters. The zero-order valence-electron chi connectivity index (χ0n) is 10.3. The van der Waals surface area contributed by atoms with E-state index >= 15 is 0 Å². The summed E-state index contributed by atoms with van der Waals surface area (Å²) in [4.78, 5) is 4.31. The first-order valence-electron chi connectivity index (χ1n) is 5.93. The van der Waals surface area contributed by atoms with Crippen LogP contribution in [0.3, 0.4) is 0 Å². The van der Waals surface area contributed by atoms with Crippen LogP contribution in [0.15, 0.2) is 35.2 Å². The molecule has 0 amide bonds. The number of nitrogens with zero attached hydrogens (tertiary/aromatic N) is 1. The van der Waals surface area contributed by atoms with Crippen LogP contribution in [0.4, 0.5) is 0 Å². The lowest BCUT2D eigenvalue weighted by Crippen LogP contribution is -2.21. The number of aromatic nitrogens is 1. The number of nitrogens with one attached hydrogen (secondary N) is 1. The SMILES string of the molecule is Cc1cccc(CCNC(C)c2cscn2)c1. The molecular weight excluding hydrogens is 228 g/mol. The lowest BCUT2D eigenvalue weighted by atomic mass is 10.1. The number of benzene rings is 1. The molecule has 2 nitrogen and oxygen atoms in total. The summed E-state index contributed by atoms with van der Waals surface area (Å²) in [6.07, 6.45) is 1.07. The van der Waals surface area contributed by atoms with E-state index in [1.165, 1.54) is 11.1 Å². The predicted molar refractivity (Wildman–Crippen MR) is 73.4 cm³/mol. The molecule has 1 heterocycles. The van der Waals surface area contributed by atoms with Gasteiger partial charge in [-0.3, -0.25) is 0 Å². The molecule has 0 fully saturated rings. The molecule has 1 atom stereocenters. The molecule has 17 heavy (non-hydrogen) atoms. The Hall–Kier alpha value is -1.19. The molecule has 90 valence electrons. The Bertz CT molecular complexity index is 451. The van der Waals surface area contributed by atoms with Crippen molar-refractivity contribution in [3.8, 4) is 0 Å². The van der Waals surface area contributed by atoms with Crippen molar-refractivity contribution in [2.24, 2.45) is 0 Å². The zero-order chi connectivity index (χ0) is 12.1. The van der Waals surface area contributed by atoms with E-state index in [1.807, 2.05) is 5.51 Å². The Kier molecular flexibility index (Phi) is 4.29. The van der Waals surface area contributed by atoms with Crippen LogP contribution in [0, 0.1) is 6.92 Å². The van der Waals surface area contributed by atoms with Crippen molar-refractivity contribution in [3.63, 3.8) is 0 Å². The average Bonchev–Trinajstić information content (AvgIpc) is 2.82. The van der Waals surface area contributed by atoms with Gasteiger partial charge in [-0.1, -0.05) is 29.8 Å². The van der Waals surface area contributed by atoms with Gasteiger partial charge in [0.05, 0.1) is 11.2 Å². The molecule has 2 rings (SSSR count). The fourth-order valence-electron chi connectivity index (χ4n) is 1.84. The zero-order valence-corrected chi connectivity index (χ0v) is 11.1.